The fourth-order valence-corrected chi connectivity index (χ4v) is 1.64. The van der Waals surface area contributed by atoms with Gasteiger partial charge in [-0.2, -0.15) is 0 Å². The summed E-state index contributed by atoms with van der Waals surface area (Å²) >= 11 is 0. The van der Waals surface area contributed by atoms with Crippen LogP contribution in [0.5, 0.6) is 0 Å². The van der Waals surface area contributed by atoms with Gasteiger partial charge in [-0.25, -0.2) is 0 Å². The minimum atomic E-state index is 0.237. The van der Waals surface area contributed by atoms with Crippen molar-refractivity contribution in [2.45, 2.75) is 26.1 Å². The molecule has 1 aliphatic heterocycles. The molecule has 1 nitrogen and oxygen atoms in total. The molecule has 0 amide bonds. The average Bonchev–Trinajstić information content (AvgIpc) is 2.89. The van der Waals surface area contributed by atoms with Crippen LogP contribution in [0.4, 0.5) is 0 Å². The maximum absolute atomic E-state index is 5.47. The number of rotatable bonds is 2. The lowest BCUT2D eigenvalue weighted by atomic mass is 10.00. The minimum Gasteiger partial charge on any atom is -0.360 e. The maximum Gasteiger partial charge on any atom is 0.113 e. The smallest absolute Gasteiger partial charge is 0.113 e. The topological polar surface area (TPSA) is 12.5 Å². The van der Waals surface area contributed by atoms with Gasteiger partial charge in [0, 0.05) is 0 Å². The number of aryl methyl sites for hydroxylation is 1. The minimum absolute atomic E-state index is 0.237. The summed E-state index contributed by atoms with van der Waals surface area (Å²) in [6.07, 6.45) is 2.37. The zero-order valence-electron chi connectivity index (χ0n) is 8.08. The first-order valence-electron chi connectivity index (χ1n) is 4.58. The number of hydrogen-bond acceptors (Lipinski definition) is 1. The van der Waals surface area contributed by atoms with Gasteiger partial charge in [-0.05, 0) is 30.5 Å². The molecule has 0 radical (unpaired) electrons. The molecule has 2 unspecified atom stereocenters. The van der Waals surface area contributed by atoms with Gasteiger partial charge in [0.05, 0.1) is 0 Å². The van der Waals surface area contributed by atoms with E-state index in [1.165, 1.54) is 16.7 Å². The van der Waals surface area contributed by atoms with Crippen LogP contribution in [0, 0.1) is 13.8 Å². The monoisotopic (exact) mass is 174 g/mol. The van der Waals surface area contributed by atoms with E-state index in [-0.39, 0.29) is 12.2 Å². The van der Waals surface area contributed by atoms with E-state index >= 15 is 0 Å². The molecule has 0 bridgehead atoms. The lowest BCUT2D eigenvalue weighted by molar-refractivity contribution is 0.393. The van der Waals surface area contributed by atoms with Crippen LogP contribution >= 0.6 is 0 Å². The van der Waals surface area contributed by atoms with Crippen LogP contribution in [0.1, 0.15) is 22.8 Å². The molecule has 13 heavy (non-hydrogen) atoms. The maximum atomic E-state index is 5.47. The Morgan fingerprint density at radius 3 is 2.77 bits per heavy atom. The van der Waals surface area contributed by atoms with Gasteiger partial charge < -0.3 is 4.74 Å². The standard InChI is InChI=1S/C12H14O/c1-4-11-12(13-11)10-7-5-6-8(2)9(10)3/h4-7,11-12H,1H2,2-3H3. The van der Waals surface area contributed by atoms with Crippen LogP contribution in [0.2, 0.25) is 0 Å². The van der Waals surface area contributed by atoms with Gasteiger partial charge in [0.1, 0.15) is 12.2 Å². The Hall–Kier alpha value is -1.08. The van der Waals surface area contributed by atoms with E-state index in [0.717, 1.165) is 0 Å². The Kier molecular flexibility index (Phi) is 1.97. The molecular formula is C12H14O. The highest BCUT2D eigenvalue weighted by Gasteiger charge is 2.38. The molecule has 1 heteroatoms. The van der Waals surface area contributed by atoms with Crippen LogP contribution in [-0.4, -0.2) is 6.10 Å². The van der Waals surface area contributed by atoms with Gasteiger partial charge in [-0.3, -0.25) is 0 Å². The van der Waals surface area contributed by atoms with Gasteiger partial charge in [0.15, 0.2) is 0 Å². The molecular weight excluding hydrogens is 160 g/mol. The Morgan fingerprint density at radius 2 is 2.15 bits per heavy atom. The highest BCUT2D eigenvalue weighted by molar-refractivity contribution is 5.37. The lowest BCUT2D eigenvalue weighted by Crippen LogP contribution is -1.91. The zero-order chi connectivity index (χ0) is 9.42. The SMILES string of the molecule is C=CC1OC1c1cccc(C)c1C. The van der Waals surface area contributed by atoms with Gasteiger partial charge >= 0.3 is 0 Å². The third-order valence-electron chi connectivity index (χ3n) is 2.71. The van der Waals surface area contributed by atoms with Crippen molar-refractivity contribution in [3.05, 3.63) is 47.5 Å². The first-order chi connectivity index (χ1) is 6.24. The van der Waals surface area contributed by atoms with Crippen LogP contribution < -0.4 is 0 Å². The van der Waals surface area contributed by atoms with Gasteiger partial charge in [-0.1, -0.05) is 24.3 Å². The van der Waals surface area contributed by atoms with Crippen LogP contribution in [0.15, 0.2) is 30.9 Å². The van der Waals surface area contributed by atoms with Crippen molar-refractivity contribution >= 4 is 0 Å². The van der Waals surface area contributed by atoms with E-state index < -0.39 is 0 Å². The summed E-state index contributed by atoms with van der Waals surface area (Å²) in [5.41, 5.74) is 3.98. The molecule has 0 N–H and O–H groups in total. The molecule has 2 rings (SSSR count). The van der Waals surface area contributed by atoms with E-state index in [4.69, 9.17) is 4.74 Å². The number of ether oxygens (including phenoxy) is 1. The second-order valence-electron chi connectivity index (χ2n) is 3.55. The first kappa shape index (κ1) is 8.52. The molecule has 68 valence electrons. The number of benzene rings is 1. The molecule has 1 aromatic carbocycles. The highest BCUT2D eigenvalue weighted by atomic mass is 16.6. The van der Waals surface area contributed by atoms with E-state index in [0.29, 0.717) is 0 Å². The molecule has 1 heterocycles. The summed E-state index contributed by atoms with van der Waals surface area (Å²) < 4.78 is 5.47. The largest absolute Gasteiger partial charge is 0.360 e. The van der Waals surface area contributed by atoms with Crippen molar-refractivity contribution in [3.8, 4) is 0 Å². The van der Waals surface area contributed by atoms with Gasteiger partial charge in [0.25, 0.3) is 0 Å². The van der Waals surface area contributed by atoms with Crippen LogP contribution in [-0.2, 0) is 4.74 Å². The van der Waals surface area contributed by atoms with E-state index in [2.05, 4.69) is 38.6 Å². The molecule has 0 aliphatic carbocycles. The highest BCUT2D eigenvalue weighted by Crippen LogP contribution is 2.41. The molecule has 0 spiro atoms. The Labute approximate surface area is 79.0 Å². The van der Waals surface area contributed by atoms with Crippen LogP contribution in [0.25, 0.3) is 0 Å². The molecule has 1 saturated heterocycles. The fraction of sp³-hybridized carbons (Fsp3) is 0.333. The lowest BCUT2D eigenvalue weighted by Gasteiger charge is -2.04. The summed E-state index contributed by atoms with van der Waals surface area (Å²) in [6, 6.07) is 6.35. The van der Waals surface area contributed by atoms with Crippen molar-refractivity contribution < 1.29 is 4.74 Å². The van der Waals surface area contributed by atoms with Crippen molar-refractivity contribution in [1.82, 2.24) is 0 Å². The van der Waals surface area contributed by atoms with Gasteiger partial charge in [-0.15, -0.1) is 6.58 Å². The quantitative estimate of drug-likeness (QED) is 0.496. The molecule has 1 aromatic rings. The summed E-state index contributed by atoms with van der Waals surface area (Å²) in [5, 5.41) is 0. The second-order valence-corrected chi connectivity index (χ2v) is 3.55. The predicted molar refractivity (Wildman–Crippen MR) is 53.7 cm³/mol. The molecule has 1 aliphatic rings. The second kappa shape index (κ2) is 3.00. The third-order valence-corrected chi connectivity index (χ3v) is 2.71. The molecule has 0 aromatic heterocycles. The van der Waals surface area contributed by atoms with Crippen molar-refractivity contribution in [1.29, 1.82) is 0 Å². The summed E-state index contributed by atoms with van der Waals surface area (Å²) in [6.45, 7) is 8.00. The molecule has 0 saturated carbocycles. The first-order valence-corrected chi connectivity index (χ1v) is 4.58. The normalized spacial score (nSPS) is 25.7. The van der Waals surface area contributed by atoms with E-state index in [9.17, 15) is 0 Å². The molecule has 1 fully saturated rings. The van der Waals surface area contributed by atoms with E-state index in [1.807, 2.05) is 6.08 Å². The van der Waals surface area contributed by atoms with Crippen molar-refractivity contribution in [3.63, 3.8) is 0 Å². The van der Waals surface area contributed by atoms with Crippen molar-refractivity contribution in [2.24, 2.45) is 0 Å². The Morgan fingerprint density at radius 1 is 1.38 bits per heavy atom. The summed E-state index contributed by atoms with van der Waals surface area (Å²) in [5.74, 6) is 0. The van der Waals surface area contributed by atoms with Gasteiger partial charge in [0.2, 0.25) is 0 Å². The number of epoxide rings is 1. The zero-order valence-corrected chi connectivity index (χ0v) is 8.08. The predicted octanol–water partition coefficient (Wildman–Crippen LogP) is 2.93. The number of hydrogen-bond donors (Lipinski definition) is 0. The third kappa shape index (κ3) is 1.40. The summed E-state index contributed by atoms with van der Waals surface area (Å²) in [7, 11) is 0. The van der Waals surface area contributed by atoms with E-state index in [1.54, 1.807) is 0 Å². The van der Waals surface area contributed by atoms with Crippen molar-refractivity contribution in [2.75, 3.05) is 0 Å². The average molecular weight is 174 g/mol. The fourth-order valence-electron chi connectivity index (χ4n) is 1.64. The molecule has 2 atom stereocenters. The summed E-state index contributed by atoms with van der Waals surface area (Å²) in [4.78, 5) is 0. The van der Waals surface area contributed by atoms with Crippen LogP contribution in [0.3, 0.4) is 0 Å². The Balaban J connectivity index is 2.31. The Bertz CT molecular complexity index is 341.